The minimum Gasteiger partial charge on any atom is -0.482 e. The van der Waals surface area contributed by atoms with Gasteiger partial charge in [-0.2, -0.15) is 0 Å². The second kappa shape index (κ2) is 7.02. The van der Waals surface area contributed by atoms with Crippen molar-refractivity contribution in [1.29, 1.82) is 0 Å². The number of aliphatic carboxylic acids is 1. The van der Waals surface area contributed by atoms with Gasteiger partial charge in [0.2, 0.25) is 5.91 Å². The van der Waals surface area contributed by atoms with Crippen molar-refractivity contribution in [3.8, 4) is 5.75 Å². The number of rotatable bonds is 7. The van der Waals surface area contributed by atoms with E-state index in [-0.39, 0.29) is 12.5 Å². The second-order valence-electron chi connectivity index (χ2n) is 6.75. The summed E-state index contributed by atoms with van der Waals surface area (Å²) in [6.07, 6.45) is 5.82. The molecule has 2 N–H and O–H groups in total. The standard InChI is InChI=1S/C18H23NO4/c20-17(9-15-7-12-4-5-14(15)6-12)19-10-13-2-1-3-16(8-13)23-11-18(21)22/h1-3,8,12,14-15H,4-7,9-11H2,(H,19,20)(H,21,22). The van der Waals surface area contributed by atoms with E-state index < -0.39 is 5.97 Å². The summed E-state index contributed by atoms with van der Waals surface area (Å²) in [5.74, 6) is 1.81. The average Bonchev–Trinajstić information content (AvgIpc) is 3.14. The lowest BCUT2D eigenvalue weighted by molar-refractivity contribution is -0.139. The molecule has 3 unspecified atom stereocenters. The van der Waals surface area contributed by atoms with Crippen molar-refractivity contribution in [1.82, 2.24) is 5.32 Å². The zero-order valence-corrected chi connectivity index (χ0v) is 13.2. The molecular formula is C18H23NO4. The van der Waals surface area contributed by atoms with Crippen LogP contribution >= 0.6 is 0 Å². The van der Waals surface area contributed by atoms with Crippen molar-refractivity contribution in [2.24, 2.45) is 17.8 Å². The van der Waals surface area contributed by atoms with Gasteiger partial charge in [0.05, 0.1) is 0 Å². The highest BCUT2D eigenvalue weighted by Crippen LogP contribution is 2.49. The Morgan fingerprint density at radius 1 is 1.26 bits per heavy atom. The van der Waals surface area contributed by atoms with E-state index in [0.29, 0.717) is 24.6 Å². The summed E-state index contributed by atoms with van der Waals surface area (Å²) in [6, 6.07) is 7.17. The predicted molar refractivity (Wildman–Crippen MR) is 85.0 cm³/mol. The van der Waals surface area contributed by atoms with E-state index in [1.165, 1.54) is 25.7 Å². The van der Waals surface area contributed by atoms with E-state index in [9.17, 15) is 9.59 Å². The average molecular weight is 317 g/mol. The summed E-state index contributed by atoms with van der Waals surface area (Å²) in [5.41, 5.74) is 0.911. The molecule has 1 amide bonds. The Labute approximate surface area is 136 Å². The van der Waals surface area contributed by atoms with E-state index >= 15 is 0 Å². The van der Waals surface area contributed by atoms with Crippen LogP contribution in [0.25, 0.3) is 0 Å². The number of benzene rings is 1. The maximum absolute atomic E-state index is 12.1. The van der Waals surface area contributed by atoms with Crippen LogP contribution in [0, 0.1) is 17.8 Å². The first-order valence-electron chi connectivity index (χ1n) is 8.30. The first-order chi connectivity index (χ1) is 11.1. The molecule has 5 heteroatoms. The van der Waals surface area contributed by atoms with Gasteiger partial charge in [0.15, 0.2) is 6.61 Å². The van der Waals surface area contributed by atoms with Crippen LogP contribution in [0.1, 0.15) is 37.7 Å². The highest BCUT2D eigenvalue weighted by atomic mass is 16.5. The SMILES string of the molecule is O=C(O)COc1cccc(CNC(=O)CC2CC3CCC2C3)c1. The lowest BCUT2D eigenvalue weighted by Crippen LogP contribution is -2.26. The molecule has 0 aromatic heterocycles. The van der Waals surface area contributed by atoms with Gasteiger partial charge in [-0.3, -0.25) is 4.79 Å². The van der Waals surface area contributed by atoms with Crippen LogP contribution < -0.4 is 10.1 Å². The lowest BCUT2D eigenvalue weighted by atomic mass is 9.86. The van der Waals surface area contributed by atoms with Crippen LogP contribution in [0.3, 0.4) is 0 Å². The van der Waals surface area contributed by atoms with Crippen LogP contribution in [-0.4, -0.2) is 23.6 Å². The fourth-order valence-corrected chi connectivity index (χ4v) is 4.03. The molecule has 3 rings (SSSR count). The van der Waals surface area contributed by atoms with Gasteiger partial charge in [0.1, 0.15) is 5.75 Å². The van der Waals surface area contributed by atoms with Crippen molar-refractivity contribution < 1.29 is 19.4 Å². The summed E-state index contributed by atoms with van der Waals surface area (Å²) >= 11 is 0. The molecule has 2 saturated carbocycles. The Hall–Kier alpha value is -2.04. The predicted octanol–water partition coefficient (Wildman–Crippen LogP) is 2.59. The molecule has 2 fully saturated rings. The molecule has 0 radical (unpaired) electrons. The normalized spacial score (nSPS) is 25.3. The number of hydrogen-bond acceptors (Lipinski definition) is 3. The first kappa shape index (κ1) is 15.8. The molecule has 5 nitrogen and oxygen atoms in total. The molecule has 0 aliphatic heterocycles. The summed E-state index contributed by atoms with van der Waals surface area (Å²) in [7, 11) is 0. The van der Waals surface area contributed by atoms with E-state index in [1.807, 2.05) is 6.07 Å². The molecule has 2 bridgehead atoms. The number of hydrogen-bond donors (Lipinski definition) is 2. The van der Waals surface area contributed by atoms with Crippen molar-refractivity contribution in [3.05, 3.63) is 29.8 Å². The molecule has 0 spiro atoms. The number of carboxylic acid groups (broad SMARTS) is 1. The van der Waals surface area contributed by atoms with Crippen molar-refractivity contribution in [2.75, 3.05) is 6.61 Å². The molecule has 2 aliphatic rings. The Balaban J connectivity index is 1.45. The molecule has 3 atom stereocenters. The number of carbonyl (C=O) groups excluding carboxylic acids is 1. The maximum Gasteiger partial charge on any atom is 0.341 e. The van der Waals surface area contributed by atoms with Gasteiger partial charge in [0.25, 0.3) is 0 Å². The van der Waals surface area contributed by atoms with Gasteiger partial charge in [-0.05, 0) is 54.7 Å². The summed E-state index contributed by atoms with van der Waals surface area (Å²) in [6.45, 7) is 0.0873. The van der Waals surface area contributed by atoms with Crippen LogP contribution in [0.2, 0.25) is 0 Å². The van der Waals surface area contributed by atoms with Crippen LogP contribution in [0.4, 0.5) is 0 Å². The Kier molecular flexibility index (Phi) is 4.84. The molecular weight excluding hydrogens is 294 g/mol. The fraction of sp³-hybridized carbons (Fsp3) is 0.556. The van der Waals surface area contributed by atoms with Crippen molar-refractivity contribution >= 4 is 11.9 Å². The fourth-order valence-electron chi connectivity index (χ4n) is 4.03. The summed E-state index contributed by atoms with van der Waals surface area (Å²) in [4.78, 5) is 22.6. The molecule has 1 aromatic carbocycles. The minimum atomic E-state index is -1.01. The van der Waals surface area contributed by atoms with E-state index in [4.69, 9.17) is 9.84 Å². The topological polar surface area (TPSA) is 75.6 Å². The summed E-state index contributed by atoms with van der Waals surface area (Å²) < 4.78 is 5.14. The number of nitrogens with one attached hydrogen (secondary N) is 1. The Morgan fingerprint density at radius 3 is 2.83 bits per heavy atom. The zero-order chi connectivity index (χ0) is 16.2. The van der Waals surface area contributed by atoms with Gasteiger partial charge in [0, 0.05) is 13.0 Å². The molecule has 124 valence electrons. The van der Waals surface area contributed by atoms with Gasteiger partial charge in [-0.15, -0.1) is 0 Å². The number of fused-ring (bicyclic) bond motifs is 2. The van der Waals surface area contributed by atoms with Crippen LogP contribution in [0.5, 0.6) is 5.75 Å². The van der Waals surface area contributed by atoms with Crippen LogP contribution in [0.15, 0.2) is 24.3 Å². The Bertz CT molecular complexity index is 586. The van der Waals surface area contributed by atoms with Gasteiger partial charge >= 0.3 is 5.97 Å². The molecule has 23 heavy (non-hydrogen) atoms. The third-order valence-electron chi connectivity index (χ3n) is 5.08. The Morgan fingerprint density at radius 2 is 2.13 bits per heavy atom. The third kappa shape index (κ3) is 4.24. The van der Waals surface area contributed by atoms with Crippen molar-refractivity contribution in [2.45, 2.75) is 38.6 Å². The monoisotopic (exact) mass is 317 g/mol. The number of ether oxygens (including phenoxy) is 1. The highest BCUT2D eigenvalue weighted by Gasteiger charge is 2.39. The molecule has 1 aromatic rings. The third-order valence-corrected chi connectivity index (χ3v) is 5.08. The highest BCUT2D eigenvalue weighted by molar-refractivity contribution is 5.76. The quantitative estimate of drug-likeness (QED) is 0.810. The van der Waals surface area contributed by atoms with Crippen molar-refractivity contribution in [3.63, 3.8) is 0 Å². The van der Waals surface area contributed by atoms with E-state index in [0.717, 1.165) is 17.4 Å². The van der Waals surface area contributed by atoms with E-state index in [2.05, 4.69) is 5.32 Å². The number of carboxylic acids is 1. The first-order valence-corrected chi connectivity index (χ1v) is 8.30. The largest absolute Gasteiger partial charge is 0.482 e. The van der Waals surface area contributed by atoms with Gasteiger partial charge in [-0.25, -0.2) is 4.79 Å². The maximum atomic E-state index is 12.1. The number of amides is 1. The number of carbonyl (C=O) groups is 2. The van der Waals surface area contributed by atoms with Crippen LogP contribution in [-0.2, 0) is 16.1 Å². The zero-order valence-electron chi connectivity index (χ0n) is 13.2. The van der Waals surface area contributed by atoms with Gasteiger partial charge in [-0.1, -0.05) is 18.6 Å². The second-order valence-corrected chi connectivity index (χ2v) is 6.75. The minimum absolute atomic E-state index is 0.111. The molecule has 0 heterocycles. The molecule has 0 saturated heterocycles. The van der Waals surface area contributed by atoms with Gasteiger partial charge < -0.3 is 15.2 Å². The smallest absolute Gasteiger partial charge is 0.341 e. The molecule has 2 aliphatic carbocycles. The summed E-state index contributed by atoms with van der Waals surface area (Å²) in [5, 5.41) is 11.6. The lowest BCUT2D eigenvalue weighted by Gasteiger charge is -2.20. The van der Waals surface area contributed by atoms with E-state index in [1.54, 1.807) is 18.2 Å².